The summed E-state index contributed by atoms with van der Waals surface area (Å²) in [6.45, 7) is 7.66. The van der Waals surface area contributed by atoms with E-state index < -0.39 is 5.41 Å². The molecule has 5 nitrogen and oxygen atoms in total. The molecule has 0 radical (unpaired) electrons. The maximum Gasteiger partial charge on any atom is 0.254 e. The Hall–Kier alpha value is -2.24. The minimum Gasteiger partial charge on any atom is -0.371 e. The van der Waals surface area contributed by atoms with E-state index in [1.54, 1.807) is 19.0 Å². The van der Waals surface area contributed by atoms with Gasteiger partial charge in [0.05, 0.1) is 16.0 Å². The van der Waals surface area contributed by atoms with Crippen molar-refractivity contribution >= 4 is 40.7 Å². The Bertz CT molecular complexity index is 1080. The SMILES string of the molecule is CN(C)C(=O)c1ccc(N2CCC(C3CCN(C(=O)C(C)(C)c4ccc(Cl)cc4)CC3)CC2)cc1Cl. The van der Waals surface area contributed by atoms with Gasteiger partial charge in [-0.1, -0.05) is 35.3 Å². The molecular formula is C29H37Cl2N3O2. The van der Waals surface area contributed by atoms with E-state index in [-0.39, 0.29) is 11.8 Å². The fourth-order valence-electron chi connectivity index (χ4n) is 5.70. The molecule has 0 N–H and O–H groups in total. The highest BCUT2D eigenvalue weighted by molar-refractivity contribution is 6.34. The standard InChI is InChI=1S/C29H37Cl2N3O2/c1-29(2,22-5-7-23(30)8-6-22)28(36)34-17-13-21(14-18-34)20-11-15-33(16-12-20)24-9-10-25(26(31)19-24)27(35)32(3)4/h5-10,19-21H,11-18H2,1-4H3. The molecule has 2 aromatic carbocycles. The first-order valence-corrected chi connectivity index (χ1v) is 13.6. The largest absolute Gasteiger partial charge is 0.371 e. The molecule has 0 bridgehead atoms. The van der Waals surface area contributed by atoms with Crippen LogP contribution in [0, 0.1) is 11.8 Å². The molecule has 2 fully saturated rings. The van der Waals surface area contributed by atoms with Gasteiger partial charge in [-0.15, -0.1) is 0 Å². The first-order chi connectivity index (χ1) is 17.1. The maximum atomic E-state index is 13.4. The minimum absolute atomic E-state index is 0.0772. The molecule has 2 aliphatic heterocycles. The summed E-state index contributed by atoms with van der Waals surface area (Å²) in [6, 6.07) is 13.4. The van der Waals surface area contributed by atoms with Crippen molar-refractivity contribution < 1.29 is 9.59 Å². The molecule has 4 rings (SSSR count). The van der Waals surface area contributed by atoms with Gasteiger partial charge in [-0.05, 0) is 87.3 Å². The monoisotopic (exact) mass is 529 g/mol. The third-order valence-corrected chi connectivity index (χ3v) is 8.65. The fourth-order valence-corrected chi connectivity index (χ4v) is 6.09. The lowest BCUT2D eigenvalue weighted by Crippen LogP contribution is -2.48. The van der Waals surface area contributed by atoms with Gasteiger partial charge in [-0.25, -0.2) is 0 Å². The third-order valence-electron chi connectivity index (χ3n) is 8.09. The van der Waals surface area contributed by atoms with E-state index in [1.807, 2.05) is 56.3 Å². The van der Waals surface area contributed by atoms with Crippen LogP contribution in [-0.2, 0) is 10.2 Å². The van der Waals surface area contributed by atoms with Crippen molar-refractivity contribution in [2.45, 2.75) is 44.9 Å². The normalized spacial score (nSPS) is 17.8. The van der Waals surface area contributed by atoms with Gasteiger partial charge in [-0.3, -0.25) is 9.59 Å². The highest BCUT2D eigenvalue weighted by Crippen LogP contribution is 2.36. The van der Waals surface area contributed by atoms with Crippen molar-refractivity contribution in [2.24, 2.45) is 11.8 Å². The highest BCUT2D eigenvalue weighted by atomic mass is 35.5. The number of piperidine rings is 2. The minimum atomic E-state index is -0.559. The molecule has 2 amide bonds. The van der Waals surface area contributed by atoms with Crippen LogP contribution in [0.25, 0.3) is 0 Å². The zero-order valence-electron chi connectivity index (χ0n) is 21.8. The summed E-state index contributed by atoms with van der Waals surface area (Å²) in [5, 5.41) is 1.19. The lowest BCUT2D eigenvalue weighted by Gasteiger charge is -2.42. The molecule has 194 valence electrons. The van der Waals surface area contributed by atoms with Crippen molar-refractivity contribution in [3.63, 3.8) is 0 Å². The number of hydrogen-bond donors (Lipinski definition) is 0. The van der Waals surface area contributed by atoms with E-state index >= 15 is 0 Å². The molecule has 2 aliphatic rings. The van der Waals surface area contributed by atoms with Crippen molar-refractivity contribution in [3.8, 4) is 0 Å². The lowest BCUT2D eigenvalue weighted by atomic mass is 9.77. The average molecular weight is 531 g/mol. The van der Waals surface area contributed by atoms with Crippen LogP contribution in [0.4, 0.5) is 5.69 Å². The van der Waals surface area contributed by atoms with Crippen LogP contribution in [-0.4, -0.2) is 61.9 Å². The van der Waals surface area contributed by atoms with Crippen LogP contribution < -0.4 is 4.90 Å². The Morgan fingerprint density at radius 3 is 1.94 bits per heavy atom. The molecule has 0 spiro atoms. The Balaban J connectivity index is 1.29. The summed E-state index contributed by atoms with van der Waals surface area (Å²) < 4.78 is 0. The van der Waals surface area contributed by atoms with Crippen molar-refractivity contribution in [2.75, 3.05) is 45.2 Å². The van der Waals surface area contributed by atoms with Gasteiger partial charge in [0.2, 0.25) is 5.91 Å². The maximum absolute atomic E-state index is 13.4. The zero-order chi connectivity index (χ0) is 26.0. The number of carbonyl (C=O) groups is 2. The van der Waals surface area contributed by atoms with Crippen LogP contribution in [0.2, 0.25) is 10.0 Å². The molecule has 2 aromatic rings. The summed E-state index contributed by atoms with van der Waals surface area (Å²) in [6.07, 6.45) is 4.43. The average Bonchev–Trinajstić information content (AvgIpc) is 2.88. The number of halogens is 2. The fraction of sp³-hybridized carbons (Fsp3) is 0.517. The van der Waals surface area contributed by atoms with Gasteiger partial charge in [0.1, 0.15) is 0 Å². The predicted molar refractivity (Wildman–Crippen MR) is 148 cm³/mol. The molecular weight excluding hydrogens is 493 g/mol. The van der Waals surface area contributed by atoms with Crippen molar-refractivity contribution in [1.82, 2.24) is 9.80 Å². The number of nitrogens with zero attached hydrogens (tertiary/aromatic N) is 3. The summed E-state index contributed by atoms with van der Waals surface area (Å²) in [5.74, 6) is 1.48. The number of likely N-dealkylation sites (tertiary alicyclic amines) is 1. The van der Waals surface area contributed by atoms with E-state index in [0.29, 0.717) is 27.4 Å². The van der Waals surface area contributed by atoms with Gasteiger partial charge in [0, 0.05) is 51.0 Å². The first kappa shape index (κ1) is 26.8. The molecule has 0 atom stereocenters. The Labute approximate surface area is 225 Å². The van der Waals surface area contributed by atoms with Gasteiger partial charge >= 0.3 is 0 Å². The Morgan fingerprint density at radius 2 is 1.42 bits per heavy atom. The smallest absolute Gasteiger partial charge is 0.254 e. The summed E-state index contributed by atoms with van der Waals surface area (Å²) in [5.41, 5.74) is 2.07. The first-order valence-electron chi connectivity index (χ1n) is 12.9. The molecule has 0 unspecified atom stereocenters. The lowest BCUT2D eigenvalue weighted by molar-refractivity contribution is -0.138. The summed E-state index contributed by atoms with van der Waals surface area (Å²) in [4.78, 5) is 31.6. The number of amides is 2. The second-order valence-corrected chi connectivity index (χ2v) is 11.8. The highest BCUT2D eigenvalue weighted by Gasteiger charge is 2.37. The molecule has 7 heteroatoms. The number of benzene rings is 2. The number of rotatable bonds is 5. The summed E-state index contributed by atoms with van der Waals surface area (Å²) in [7, 11) is 3.47. The second kappa shape index (κ2) is 11.0. The molecule has 36 heavy (non-hydrogen) atoms. The predicted octanol–water partition coefficient (Wildman–Crippen LogP) is 6.13. The molecule has 0 aliphatic carbocycles. The van der Waals surface area contributed by atoms with Crippen molar-refractivity contribution in [3.05, 3.63) is 63.6 Å². The van der Waals surface area contributed by atoms with Gasteiger partial charge < -0.3 is 14.7 Å². The van der Waals surface area contributed by atoms with Gasteiger partial charge in [0.25, 0.3) is 5.91 Å². The molecule has 0 aromatic heterocycles. The van der Waals surface area contributed by atoms with Gasteiger partial charge in [0.15, 0.2) is 0 Å². The Kier molecular flexibility index (Phi) is 8.21. The van der Waals surface area contributed by atoms with E-state index in [1.165, 1.54) is 0 Å². The van der Waals surface area contributed by atoms with E-state index in [4.69, 9.17) is 23.2 Å². The van der Waals surface area contributed by atoms with Crippen molar-refractivity contribution in [1.29, 1.82) is 0 Å². The second-order valence-electron chi connectivity index (χ2n) is 10.9. The number of carbonyl (C=O) groups excluding carboxylic acids is 2. The molecule has 0 saturated carbocycles. The number of hydrogen-bond acceptors (Lipinski definition) is 3. The van der Waals surface area contributed by atoms with Crippen LogP contribution in [0.15, 0.2) is 42.5 Å². The van der Waals surface area contributed by atoms with Crippen LogP contribution >= 0.6 is 23.2 Å². The van der Waals surface area contributed by atoms with E-state index in [0.717, 1.165) is 63.1 Å². The molecule has 2 saturated heterocycles. The summed E-state index contributed by atoms with van der Waals surface area (Å²) >= 11 is 12.5. The van der Waals surface area contributed by atoms with E-state index in [2.05, 4.69) is 9.80 Å². The molecule has 2 heterocycles. The van der Waals surface area contributed by atoms with Crippen LogP contribution in [0.1, 0.15) is 55.5 Å². The quantitative estimate of drug-likeness (QED) is 0.467. The zero-order valence-corrected chi connectivity index (χ0v) is 23.3. The third kappa shape index (κ3) is 5.68. The number of anilines is 1. The Morgan fingerprint density at radius 1 is 0.861 bits per heavy atom. The topological polar surface area (TPSA) is 43.9 Å². The van der Waals surface area contributed by atoms with Crippen LogP contribution in [0.3, 0.4) is 0 Å². The van der Waals surface area contributed by atoms with Gasteiger partial charge in [-0.2, -0.15) is 0 Å². The van der Waals surface area contributed by atoms with Crippen LogP contribution in [0.5, 0.6) is 0 Å². The van der Waals surface area contributed by atoms with E-state index in [9.17, 15) is 9.59 Å².